The normalized spacial score (nSPS) is 16.7. The van der Waals surface area contributed by atoms with E-state index in [0.29, 0.717) is 6.04 Å². The molecule has 0 spiro atoms. The molecule has 1 aromatic carbocycles. The van der Waals surface area contributed by atoms with Crippen LogP contribution in [-0.2, 0) is 6.42 Å². The third-order valence-electron chi connectivity index (χ3n) is 3.75. The van der Waals surface area contributed by atoms with Crippen LogP contribution in [0.25, 0.3) is 0 Å². The monoisotopic (exact) mass is 217 g/mol. The molecular weight excluding hydrogens is 194 g/mol. The van der Waals surface area contributed by atoms with Gasteiger partial charge in [0.1, 0.15) is 0 Å². The number of anilines is 1. The fraction of sp³-hybridized carbons (Fsp3) is 0.600. The van der Waals surface area contributed by atoms with E-state index in [1.165, 1.54) is 30.6 Å². The maximum absolute atomic E-state index is 2.61. The molecule has 1 aromatic rings. The summed E-state index contributed by atoms with van der Waals surface area (Å²) in [6, 6.07) is 7.60. The summed E-state index contributed by atoms with van der Waals surface area (Å²) >= 11 is 0. The molecule has 0 radical (unpaired) electrons. The molecule has 0 aliphatic carbocycles. The van der Waals surface area contributed by atoms with Crippen LogP contribution >= 0.6 is 0 Å². The first-order valence-electron chi connectivity index (χ1n) is 6.49. The summed E-state index contributed by atoms with van der Waals surface area (Å²) < 4.78 is 0. The van der Waals surface area contributed by atoms with Gasteiger partial charge in [-0.3, -0.25) is 0 Å². The van der Waals surface area contributed by atoms with E-state index >= 15 is 0 Å². The Morgan fingerprint density at radius 3 is 2.69 bits per heavy atom. The number of benzene rings is 1. The maximum Gasteiger partial charge on any atom is 0.0402 e. The number of hydrogen-bond donors (Lipinski definition) is 0. The number of rotatable bonds is 3. The Kier molecular flexibility index (Phi) is 3.22. The second-order valence-corrected chi connectivity index (χ2v) is 5.30. The zero-order valence-corrected chi connectivity index (χ0v) is 11.0. The first-order chi connectivity index (χ1) is 7.63. The molecule has 1 atom stereocenters. The molecule has 1 nitrogen and oxygen atoms in total. The van der Waals surface area contributed by atoms with Crippen molar-refractivity contribution in [2.75, 3.05) is 11.4 Å². The summed E-state index contributed by atoms with van der Waals surface area (Å²) in [4.78, 5) is 2.61. The molecule has 0 saturated heterocycles. The molecule has 0 bridgehead atoms. The highest BCUT2D eigenvalue weighted by Gasteiger charge is 2.26. The summed E-state index contributed by atoms with van der Waals surface area (Å²) in [5.74, 6) is 0.734. The minimum Gasteiger partial charge on any atom is -0.368 e. The quantitative estimate of drug-likeness (QED) is 0.744. The maximum atomic E-state index is 2.61. The van der Waals surface area contributed by atoms with Gasteiger partial charge >= 0.3 is 0 Å². The predicted octanol–water partition coefficient (Wildman–Crippen LogP) is 3.79. The van der Waals surface area contributed by atoms with E-state index in [1.807, 2.05) is 0 Å². The molecule has 0 amide bonds. The van der Waals surface area contributed by atoms with Gasteiger partial charge in [0.2, 0.25) is 0 Å². The van der Waals surface area contributed by atoms with Crippen LogP contribution < -0.4 is 4.90 Å². The van der Waals surface area contributed by atoms with E-state index in [1.54, 1.807) is 5.56 Å². The van der Waals surface area contributed by atoms with Crippen molar-refractivity contribution in [1.82, 2.24) is 0 Å². The van der Waals surface area contributed by atoms with Gasteiger partial charge in [0.25, 0.3) is 0 Å². The van der Waals surface area contributed by atoms with Crippen molar-refractivity contribution in [2.45, 2.75) is 46.6 Å². The van der Waals surface area contributed by atoms with Gasteiger partial charge in [0, 0.05) is 18.3 Å². The smallest absolute Gasteiger partial charge is 0.0402 e. The van der Waals surface area contributed by atoms with Crippen LogP contribution in [-0.4, -0.2) is 12.6 Å². The second kappa shape index (κ2) is 4.48. The van der Waals surface area contributed by atoms with E-state index < -0.39 is 0 Å². The average molecular weight is 217 g/mol. The summed E-state index contributed by atoms with van der Waals surface area (Å²) in [6.07, 6.45) is 2.46. The van der Waals surface area contributed by atoms with Crippen LogP contribution in [0.1, 0.15) is 38.3 Å². The number of aryl methyl sites for hydroxylation is 1. The highest BCUT2D eigenvalue weighted by molar-refractivity contribution is 5.59. The van der Waals surface area contributed by atoms with E-state index in [2.05, 4.69) is 50.8 Å². The minimum absolute atomic E-state index is 0.698. The molecule has 0 fully saturated rings. The number of hydrogen-bond acceptors (Lipinski definition) is 1. The van der Waals surface area contributed by atoms with Crippen molar-refractivity contribution in [3.63, 3.8) is 0 Å². The van der Waals surface area contributed by atoms with Crippen molar-refractivity contribution >= 4 is 5.69 Å². The molecule has 1 heterocycles. The lowest BCUT2D eigenvalue weighted by Crippen LogP contribution is -2.37. The van der Waals surface area contributed by atoms with Gasteiger partial charge in [0.15, 0.2) is 0 Å². The number of nitrogens with zero attached hydrogens (tertiary/aromatic N) is 1. The zero-order valence-electron chi connectivity index (χ0n) is 11.0. The molecule has 0 aromatic heterocycles. The van der Waals surface area contributed by atoms with E-state index in [0.717, 1.165) is 5.92 Å². The Morgan fingerprint density at radius 2 is 2.06 bits per heavy atom. The summed E-state index contributed by atoms with van der Waals surface area (Å²) in [5.41, 5.74) is 4.41. The van der Waals surface area contributed by atoms with Crippen LogP contribution in [0.15, 0.2) is 18.2 Å². The van der Waals surface area contributed by atoms with Crippen molar-refractivity contribution in [3.05, 3.63) is 29.3 Å². The fourth-order valence-corrected chi connectivity index (χ4v) is 2.95. The van der Waals surface area contributed by atoms with Gasteiger partial charge < -0.3 is 4.90 Å². The lowest BCUT2D eigenvalue weighted by atomic mass is 9.99. The molecule has 1 aliphatic heterocycles. The molecule has 1 unspecified atom stereocenters. The topological polar surface area (TPSA) is 3.24 Å². The van der Waals surface area contributed by atoms with Gasteiger partial charge in [0.05, 0.1) is 0 Å². The summed E-state index contributed by atoms with van der Waals surface area (Å²) in [7, 11) is 0. The van der Waals surface area contributed by atoms with Crippen molar-refractivity contribution in [3.8, 4) is 0 Å². The third-order valence-corrected chi connectivity index (χ3v) is 3.75. The molecule has 16 heavy (non-hydrogen) atoms. The second-order valence-electron chi connectivity index (χ2n) is 5.30. The van der Waals surface area contributed by atoms with Crippen LogP contribution in [0.3, 0.4) is 0 Å². The van der Waals surface area contributed by atoms with E-state index in [9.17, 15) is 0 Å². The average Bonchev–Trinajstić information content (AvgIpc) is 2.62. The number of fused-ring (bicyclic) bond motifs is 1. The Morgan fingerprint density at radius 1 is 1.31 bits per heavy atom. The lowest BCUT2D eigenvalue weighted by molar-refractivity contribution is 0.449. The Labute approximate surface area is 99.5 Å². The van der Waals surface area contributed by atoms with Crippen molar-refractivity contribution in [2.24, 2.45) is 5.92 Å². The van der Waals surface area contributed by atoms with Gasteiger partial charge in [-0.05, 0) is 37.3 Å². The molecular formula is C15H23N. The lowest BCUT2D eigenvalue weighted by Gasteiger charge is -2.32. The van der Waals surface area contributed by atoms with Gasteiger partial charge in [-0.2, -0.15) is 0 Å². The Bertz CT molecular complexity index is 368. The highest BCUT2D eigenvalue weighted by atomic mass is 15.2. The standard InChI is InChI=1S/C15H23N/c1-5-14(11(2)3)16-9-8-13-10-12(4)6-7-15(13)16/h6-7,10-11,14H,5,8-9H2,1-4H3. The SMILES string of the molecule is CCC(C(C)C)N1CCc2cc(C)ccc21. The van der Waals surface area contributed by atoms with Crippen molar-refractivity contribution < 1.29 is 0 Å². The van der Waals surface area contributed by atoms with E-state index in [-0.39, 0.29) is 0 Å². The van der Waals surface area contributed by atoms with Crippen LogP contribution in [0.4, 0.5) is 5.69 Å². The Balaban J connectivity index is 2.29. The van der Waals surface area contributed by atoms with Gasteiger partial charge in [-0.1, -0.05) is 38.5 Å². The largest absolute Gasteiger partial charge is 0.368 e. The van der Waals surface area contributed by atoms with Crippen LogP contribution in [0.5, 0.6) is 0 Å². The molecule has 1 aliphatic rings. The minimum atomic E-state index is 0.698. The zero-order chi connectivity index (χ0) is 11.7. The van der Waals surface area contributed by atoms with Crippen molar-refractivity contribution in [1.29, 1.82) is 0 Å². The molecule has 0 N–H and O–H groups in total. The molecule has 2 rings (SSSR count). The first kappa shape index (κ1) is 11.5. The van der Waals surface area contributed by atoms with E-state index in [4.69, 9.17) is 0 Å². The third kappa shape index (κ3) is 1.95. The Hall–Kier alpha value is -0.980. The van der Waals surface area contributed by atoms with Crippen LogP contribution in [0.2, 0.25) is 0 Å². The highest BCUT2D eigenvalue weighted by Crippen LogP contribution is 2.33. The van der Waals surface area contributed by atoms with Gasteiger partial charge in [-0.25, -0.2) is 0 Å². The molecule has 88 valence electrons. The van der Waals surface area contributed by atoms with Crippen LogP contribution in [0, 0.1) is 12.8 Å². The van der Waals surface area contributed by atoms with Gasteiger partial charge in [-0.15, -0.1) is 0 Å². The summed E-state index contributed by atoms with van der Waals surface area (Å²) in [5, 5.41) is 0. The molecule has 1 heteroatoms. The fourth-order valence-electron chi connectivity index (χ4n) is 2.95. The summed E-state index contributed by atoms with van der Waals surface area (Å²) in [6.45, 7) is 10.4. The molecule has 0 saturated carbocycles. The predicted molar refractivity (Wildman–Crippen MR) is 71.1 cm³/mol. The first-order valence-corrected chi connectivity index (χ1v) is 6.49.